The van der Waals surface area contributed by atoms with Crippen LogP contribution >= 0.6 is 11.8 Å². The van der Waals surface area contributed by atoms with Crippen molar-refractivity contribution in [2.24, 2.45) is 0 Å². The highest BCUT2D eigenvalue weighted by atomic mass is 32.2. The highest BCUT2D eigenvalue weighted by Gasteiger charge is 2.19. The fourth-order valence-electron chi connectivity index (χ4n) is 3.62. The molecule has 1 fully saturated rings. The molecule has 7 nitrogen and oxygen atoms in total. The summed E-state index contributed by atoms with van der Waals surface area (Å²) in [5, 5.41) is 3.49. The second kappa shape index (κ2) is 10.5. The Morgan fingerprint density at radius 3 is 2.52 bits per heavy atom. The number of ether oxygens (including phenoxy) is 1. The molecule has 1 N–H and O–H groups in total. The molecule has 0 unspecified atom stereocenters. The lowest BCUT2D eigenvalue weighted by molar-refractivity contribution is -0.113. The molecule has 0 spiro atoms. The van der Waals surface area contributed by atoms with Crippen LogP contribution in [-0.2, 0) is 4.79 Å². The van der Waals surface area contributed by atoms with E-state index in [9.17, 15) is 9.18 Å². The SMILES string of the molecule is COc1ccc(N2CCN(c3cc(SCC(=O)Nc4cc(F)ccc4C)ncn3)CC2)cc1. The van der Waals surface area contributed by atoms with Crippen molar-refractivity contribution in [3.8, 4) is 5.75 Å². The average Bonchev–Trinajstić information content (AvgIpc) is 2.85. The van der Waals surface area contributed by atoms with Gasteiger partial charge in [0.1, 0.15) is 28.7 Å². The second-order valence-electron chi connectivity index (χ2n) is 7.68. The Balaban J connectivity index is 1.30. The maximum atomic E-state index is 13.4. The van der Waals surface area contributed by atoms with E-state index in [0.717, 1.165) is 48.3 Å². The number of thioether (sulfide) groups is 1. The van der Waals surface area contributed by atoms with Gasteiger partial charge in [-0.15, -0.1) is 0 Å². The summed E-state index contributed by atoms with van der Waals surface area (Å²) in [5.41, 5.74) is 2.47. The van der Waals surface area contributed by atoms with Crippen LogP contribution in [0.2, 0.25) is 0 Å². The second-order valence-corrected chi connectivity index (χ2v) is 8.68. The molecule has 1 amide bonds. The first-order valence-electron chi connectivity index (χ1n) is 10.7. The molecule has 33 heavy (non-hydrogen) atoms. The molecule has 0 saturated carbocycles. The van der Waals surface area contributed by atoms with E-state index < -0.39 is 0 Å². The molecule has 1 aliphatic rings. The summed E-state index contributed by atoms with van der Waals surface area (Å²) in [5.74, 6) is 1.29. The van der Waals surface area contributed by atoms with E-state index in [1.165, 1.54) is 35.9 Å². The first-order valence-corrected chi connectivity index (χ1v) is 11.6. The van der Waals surface area contributed by atoms with Gasteiger partial charge in [0, 0.05) is 43.6 Å². The molecule has 2 heterocycles. The molecule has 3 aromatic rings. The third-order valence-electron chi connectivity index (χ3n) is 5.49. The van der Waals surface area contributed by atoms with Gasteiger partial charge >= 0.3 is 0 Å². The first kappa shape index (κ1) is 22.8. The van der Waals surface area contributed by atoms with Crippen LogP contribution in [-0.4, -0.2) is 54.9 Å². The topological polar surface area (TPSA) is 70.6 Å². The van der Waals surface area contributed by atoms with Crippen LogP contribution in [0, 0.1) is 12.7 Å². The quantitative estimate of drug-likeness (QED) is 0.416. The number of aryl methyl sites for hydroxylation is 1. The zero-order valence-electron chi connectivity index (χ0n) is 18.6. The molecule has 0 bridgehead atoms. The van der Waals surface area contributed by atoms with Crippen molar-refractivity contribution in [1.82, 2.24) is 9.97 Å². The first-order chi connectivity index (χ1) is 16.0. The average molecular weight is 468 g/mol. The molecule has 0 atom stereocenters. The molecule has 9 heteroatoms. The predicted molar refractivity (Wildman–Crippen MR) is 130 cm³/mol. The Bertz CT molecular complexity index is 1100. The van der Waals surface area contributed by atoms with Crippen LogP contribution in [0.25, 0.3) is 0 Å². The molecule has 0 radical (unpaired) electrons. The van der Waals surface area contributed by atoms with Crippen LogP contribution in [0.3, 0.4) is 0 Å². The molecule has 0 aliphatic carbocycles. The molecular formula is C24H26FN5O2S. The van der Waals surface area contributed by atoms with Crippen molar-refractivity contribution in [2.75, 3.05) is 54.2 Å². The maximum Gasteiger partial charge on any atom is 0.234 e. The van der Waals surface area contributed by atoms with Crippen molar-refractivity contribution < 1.29 is 13.9 Å². The van der Waals surface area contributed by atoms with Crippen LogP contribution in [0.15, 0.2) is 59.9 Å². The summed E-state index contributed by atoms with van der Waals surface area (Å²) in [6, 6.07) is 14.3. The van der Waals surface area contributed by atoms with Crippen molar-refractivity contribution in [2.45, 2.75) is 11.9 Å². The normalized spacial score (nSPS) is 13.7. The molecule has 1 aliphatic heterocycles. The highest BCUT2D eigenvalue weighted by Crippen LogP contribution is 2.24. The zero-order chi connectivity index (χ0) is 23.2. The fourth-order valence-corrected chi connectivity index (χ4v) is 4.28. The minimum absolute atomic E-state index is 0.178. The summed E-state index contributed by atoms with van der Waals surface area (Å²) in [6.45, 7) is 5.27. The van der Waals surface area contributed by atoms with Gasteiger partial charge in [0.05, 0.1) is 12.9 Å². The van der Waals surface area contributed by atoms with E-state index in [1.54, 1.807) is 13.2 Å². The number of hydrogen-bond acceptors (Lipinski definition) is 7. The van der Waals surface area contributed by atoms with Crippen molar-refractivity contribution in [3.05, 3.63) is 66.2 Å². The number of aromatic nitrogens is 2. The number of methoxy groups -OCH3 is 1. The number of carbonyl (C=O) groups excluding carboxylic acids is 1. The van der Waals surface area contributed by atoms with Crippen molar-refractivity contribution in [3.63, 3.8) is 0 Å². The Kier molecular flexibility index (Phi) is 7.29. The van der Waals surface area contributed by atoms with E-state index in [4.69, 9.17) is 4.74 Å². The van der Waals surface area contributed by atoms with Gasteiger partial charge in [-0.25, -0.2) is 14.4 Å². The molecular weight excluding hydrogens is 441 g/mol. The van der Waals surface area contributed by atoms with Gasteiger partial charge in [-0.05, 0) is 48.9 Å². The number of amides is 1. The van der Waals surface area contributed by atoms with Gasteiger partial charge in [-0.1, -0.05) is 17.8 Å². The molecule has 1 aromatic heterocycles. The summed E-state index contributed by atoms with van der Waals surface area (Å²) in [7, 11) is 1.67. The summed E-state index contributed by atoms with van der Waals surface area (Å²) in [4.78, 5) is 25.6. The number of hydrogen-bond donors (Lipinski definition) is 1. The van der Waals surface area contributed by atoms with Gasteiger partial charge in [0.25, 0.3) is 0 Å². The number of piperazine rings is 1. The summed E-state index contributed by atoms with van der Waals surface area (Å²) in [6.07, 6.45) is 1.53. The zero-order valence-corrected chi connectivity index (χ0v) is 19.4. The minimum Gasteiger partial charge on any atom is -0.497 e. The monoisotopic (exact) mass is 467 g/mol. The molecule has 4 rings (SSSR count). The number of carbonyl (C=O) groups is 1. The molecule has 172 valence electrons. The standard InChI is InChI=1S/C24H26FN5O2S/c1-17-3-4-18(25)13-21(17)28-23(31)15-33-24-14-22(26-16-27-24)30-11-9-29(10-12-30)19-5-7-20(32-2)8-6-19/h3-8,13-14,16H,9-12,15H2,1-2H3,(H,28,31). The third-order valence-corrected chi connectivity index (χ3v) is 6.42. The largest absolute Gasteiger partial charge is 0.497 e. The van der Waals surface area contributed by atoms with Crippen LogP contribution < -0.4 is 19.9 Å². The number of rotatable bonds is 7. The maximum absolute atomic E-state index is 13.4. The minimum atomic E-state index is -0.379. The lowest BCUT2D eigenvalue weighted by atomic mass is 10.2. The van der Waals surface area contributed by atoms with Crippen LogP contribution in [0.1, 0.15) is 5.56 Å². The van der Waals surface area contributed by atoms with E-state index in [0.29, 0.717) is 5.69 Å². The van der Waals surface area contributed by atoms with Gasteiger partial charge in [-0.3, -0.25) is 4.79 Å². The van der Waals surface area contributed by atoms with Crippen LogP contribution in [0.4, 0.5) is 21.6 Å². The van der Waals surface area contributed by atoms with E-state index >= 15 is 0 Å². The summed E-state index contributed by atoms with van der Waals surface area (Å²) >= 11 is 1.33. The Labute approximate surface area is 197 Å². The number of anilines is 3. The molecule has 1 saturated heterocycles. The predicted octanol–water partition coefficient (Wildman–Crippen LogP) is 3.99. The van der Waals surface area contributed by atoms with E-state index in [2.05, 4.69) is 37.2 Å². The van der Waals surface area contributed by atoms with Gasteiger partial charge in [0.15, 0.2) is 0 Å². The van der Waals surface area contributed by atoms with Gasteiger partial charge in [-0.2, -0.15) is 0 Å². The number of benzene rings is 2. The Morgan fingerprint density at radius 2 is 1.79 bits per heavy atom. The lowest BCUT2D eigenvalue weighted by Gasteiger charge is -2.36. The van der Waals surface area contributed by atoms with Gasteiger partial charge < -0.3 is 19.9 Å². The number of nitrogens with one attached hydrogen (secondary N) is 1. The fraction of sp³-hybridized carbons (Fsp3) is 0.292. The summed E-state index contributed by atoms with van der Waals surface area (Å²) < 4.78 is 18.7. The van der Waals surface area contributed by atoms with E-state index in [-0.39, 0.29) is 17.5 Å². The Hall–Kier alpha value is -3.33. The number of halogens is 1. The van der Waals surface area contributed by atoms with Crippen LogP contribution in [0.5, 0.6) is 5.75 Å². The highest BCUT2D eigenvalue weighted by molar-refractivity contribution is 7.99. The Morgan fingerprint density at radius 1 is 1.06 bits per heavy atom. The van der Waals surface area contributed by atoms with Crippen molar-refractivity contribution >= 4 is 34.9 Å². The third kappa shape index (κ3) is 5.92. The van der Waals surface area contributed by atoms with Gasteiger partial charge in [0.2, 0.25) is 5.91 Å². The molecule has 2 aromatic carbocycles. The lowest BCUT2D eigenvalue weighted by Crippen LogP contribution is -2.46. The van der Waals surface area contributed by atoms with Crippen molar-refractivity contribution in [1.29, 1.82) is 0 Å². The number of nitrogens with zero attached hydrogens (tertiary/aromatic N) is 4. The smallest absolute Gasteiger partial charge is 0.234 e. The van der Waals surface area contributed by atoms with E-state index in [1.807, 2.05) is 25.1 Å².